The number of benzene rings is 3. The molecule has 4 rings (SSSR count). The summed E-state index contributed by atoms with van der Waals surface area (Å²) in [5.41, 5.74) is 1.86. The Morgan fingerprint density at radius 2 is 1.52 bits per heavy atom. The van der Waals surface area contributed by atoms with E-state index in [1.165, 1.54) is 17.0 Å². The first kappa shape index (κ1) is 31.9. The van der Waals surface area contributed by atoms with Gasteiger partial charge >= 0.3 is 0 Å². The summed E-state index contributed by atoms with van der Waals surface area (Å²) >= 11 is 12.9. The van der Waals surface area contributed by atoms with Gasteiger partial charge in [-0.25, -0.2) is 8.42 Å². The van der Waals surface area contributed by atoms with Gasteiger partial charge in [0.05, 0.1) is 10.6 Å². The average molecular weight is 631 g/mol. The van der Waals surface area contributed by atoms with Crippen LogP contribution in [0.15, 0.2) is 77.7 Å². The molecular formula is C32H37Cl2N3O4S. The molecule has 1 aliphatic rings. The summed E-state index contributed by atoms with van der Waals surface area (Å²) in [5, 5.41) is 3.79. The molecule has 0 heterocycles. The van der Waals surface area contributed by atoms with Crippen molar-refractivity contribution in [2.75, 3.05) is 10.8 Å². The van der Waals surface area contributed by atoms with Crippen LogP contribution in [0.25, 0.3) is 0 Å². The fraction of sp³-hybridized carbons (Fsp3) is 0.375. The van der Waals surface area contributed by atoms with Crippen molar-refractivity contribution in [2.45, 2.75) is 75.9 Å². The number of aryl methyl sites for hydroxylation is 1. The fourth-order valence-electron chi connectivity index (χ4n) is 5.15. The van der Waals surface area contributed by atoms with E-state index in [-0.39, 0.29) is 23.4 Å². The largest absolute Gasteiger partial charge is 0.352 e. The Bertz CT molecular complexity index is 1460. The quantitative estimate of drug-likeness (QED) is 0.258. The zero-order valence-electron chi connectivity index (χ0n) is 23.9. The van der Waals surface area contributed by atoms with Crippen molar-refractivity contribution < 1.29 is 18.0 Å². The van der Waals surface area contributed by atoms with Crippen molar-refractivity contribution in [1.82, 2.24) is 10.2 Å². The van der Waals surface area contributed by atoms with Crippen LogP contribution < -0.4 is 9.62 Å². The molecule has 224 valence electrons. The molecule has 7 nitrogen and oxygen atoms in total. The lowest BCUT2D eigenvalue weighted by atomic mass is 9.95. The van der Waals surface area contributed by atoms with Crippen molar-refractivity contribution in [1.29, 1.82) is 0 Å². The van der Waals surface area contributed by atoms with Gasteiger partial charge in [-0.15, -0.1) is 0 Å². The van der Waals surface area contributed by atoms with Crippen LogP contribution in [0, 0.1) is 0 Å². The second kappa shape index (κ2) is 14.4. The monoisotopic (exact) mass is 629 g/mol. The van der Waals surface area contributed by atoms with Crippen molar-refractivity contribution in [2.24, 2.45) is 0 Å². The number of hydrogen-bond acceptors (Lipinski definition) is 4. The highest BCUT2D eigenvalue weighted by Crippen LogP contribution is 2.29. The first-order chi connectivity index (χ1) is 20.1. The first-order valence-corrected chi connectivity index (χ1v) is 16.5. The summed E-state index contributed by atoms with van der Waals surface area (Å²) in [6.45, 7) is 3.07. The lowest BCUT2D eigenvalue weighted by Crippen LogP contribution is -2.53. The van der Waals surface area contributed by atoms with Gasteiger partial charge in [-0.1, -0.05) is 85.8 Å². The predicted octanol–water partition coefficient (Wildman–Crippen LogP) is 6.62. The first-order valence-electron chi connectivity index (χ1n) is 14.3. The molecule has 1 aliphatic carbocycles. The number of nitrogens with one attached hydrogen (secondary N) is 1. The molecule has 1 saturated carbocycles. The van der Waals surface area contributed by atoms with E-state index < -0.39 is 28.5 Å². The maximum atomic E-state index is 14.1. The average Bonchev–Trinajstić information content (AvgIpc) is 3.00. The number of carbonyl (C=O) groups excluding carboxylic acids is 2. The maximum absolute atomic E-state index is 14.1. The number of rotatable bonds is 11. The minimum Gasteiger partial charge on any atom is -0.352 e. The summed E-state index contributed by atoms with van der Waals surface area (Å²) in [5.74, 6) is -0.862. The molecule has 0 aliphatic heterocycles. The second-order valence-electron chi connectivity index (χ2n) is 10.6. The highest BCUT2D eigenvalue weighted by atomic mass is 35.5. The van der Waals surface area contributed by atoms with Crippen molar-refractivity contribution in [3.63, 3.8) is 0 Å². The molecule has 0 bridgehead atoms. The van der Waals surface area contributed by atoms with Gasteiger partial charge in [0.25, 0.3) is 10.0 Å². The molecule has 0 radical (unpaired) electrons. The number of halogens is 2. The zero-order chi connectivity index (χ0) is 30.3. The minimum atomic E-state index is -4.13. The SMILES string of the molecule is CCc1ccc(N(CC(=O)N(Cc2c(Cl)cccc2Cl)[C@@H](C)C(=O)NC2CCCCC2)S(=O)(=O)c2ccccc2)cc1. The Balaban J connectivity index is 1.70. The van der Waals surface area contributed by atoms with Crippen LogP contribution in [0.3, 0.4) is 0 Å². The van der Waals surface area contributed by atoms with Gasteiger partial charge < -0.3 is 10.2 Å². The molecule has 0 saturated heterocycles. The van der Waals surface area contributed by atoms with E-state index >= 15 is 0 Å². The lowest BCUT2D eigenvalue weighted by Gasteiger charge is -2.33. The molecule has 3 aromatic rings. The second-order valence-corrected chi connectivity index (χ2v) is 13.3. The highest BCUT2D eigenvalue weighted by Gasteiger charge is 2.33. The number of amides is 2. The van der Waals surface area contributed by atoms with Crippen LogP contribution >= 0.6 is 23.2 Å². The Morgan fingerprint density at radius 1 is 0.905 bits per heavy atom. The van der Waals surface area contributed by atoms with E-state index in [9.17, 15) is 18.0 Å². The smallest absolute Gasteiger partial charge is 0.264 e. The van der Waals surface area contributed by atoms with Crippen molar-refractivity contribution >= 4 is 50.7 Å². The van der Waals surface area contributed by atoms with Crippen LogP contribution in [0.4, 0.5) is 5.69 Å². The lowest BCUT2D eigenvalue weighted by molar-refractivity contribution is -0.139. The normalized spacial score (nSPS) is 14.7. The number of sulfonamides is 1. The Labute approximate surface area is 258 Å². The summed E-state index contributed by atoms with van der Waals surface area (Å²) in [7, 11) is -4.13. The van der Waals surface area contributed by atoms with Gasteiger partial charge in [0, 0.05) is 28.2 Å². The van der Waals surface area contributed by atoms with E-state index in [1.54, 1.807) is 55.5 Å². The third-order valence-corrected chi connectivity index (χ3v) is 10.2. The van der Waals surface area contributed by atoms with Crippen LogP contribution in [-0.2, 0) is 32.6 Å². The van der Waals surface area contributed by atoms with Gasteiger partial charge in [-0.05, 0) is 68.1 Å². The minimum absolute atomic E-state index is 0.0431. The van der Waals surface area contributed by atoms with E-state index in [1.807, 2.05) is 19.1 Å². The summed E-state index contributed by atoms with van der Waals surface area (Å²) in [6.07, 6.45) is 5.78. The molecule has 3 aromatic carbocycles. The fourth-order valence-corrected chi connectivity index (χ4v) is 7.10. The third-order valence-electron chi connectivity index (χ3n) is 7.75. The number of nitrogens with zero attached hydrogens (tertiary/aromatic N) is 2. The van der Waals surface area contributed by atoms with E-state index in [0.29, 0.717) is 21.3 Å². The topological polar surface area (TPSA) is 86.8 Å². The summed E-state index contributed by atoms with van der Waals surface area (Å²) in [6, 6.07) is 19.2. The Kier molecular flexibility index (Phi) is 10.9. The standard InChI is InChI=1S/C32H37Cl2N3O4S/c1-3-24-17-19-26(20-18-24)37(42(40,41)27-13-8-5-9-14-27)22-31(38)36(21-28-29(33)15-10-16-30(28)34)23(2)32(39)35-25-11-6-4-7-12-25/h5,8-10,13-20,23,25H,3-4,6-7,11-12,21-22H2,1-2H3,(H,35,39)/t23-/m0/s1. The van der Waals surface area contributed by atoms with Crippen LogP contribution in [0.2, 0.25) is 10.0 Å². The number of hydrogen-bond donors (Lipinski definition) is 1. The molecule has 1 N–H and O–H groups in total. The third kappa shape index (κ3) is 7.65. The molecular weight excluding hydrogens is 593 g/mol. The van der Waals surface area contributed by atoms with Crippen molar-refractivity contribution in [3.8, 4) is 0 Å². The molecule has 0 unspecified atom stereocenters. The Hall–Kier alpha value is -3.07. The molecule has 42 heavy (non-hydrogen) atoms. The van der Waals surface area contributed by atoms with Gasteiger partial charge in [-0.2, -0.15) is 0 Å². The van der Waals surface area contributed by atoms with Gasteiger partial charge in [0.15, 0.2) is 0 Å². The van der Waals surface area contributed by atoms with E-state index in [2.05, 4.69) is 5.32 Å². The van der Waals surface area contributed by atoms with Crippen LogP contribution in [0.5, 0.6) is 0 Å². The van der Waals surface area contributed by atoms with Gasteiger partial charge in [0.1, 0.15) is 12.6 Å². The van der Waals surface area contributed by atoms with E-state index in [0.717, 1.165) is 48.4 Å². The maximum Gasteiger partial charge on any atom is 0.264 e. The molecule has 1 fully saturated rings. The highest BCUT2D eigenvalue weighted by molar-refractivity contribution is 7.92. The molecule has 0 aromatic heterocycles. The number of anilines is 1. The van der Waals surface area contributed by atoms with Crippen LogP contribution in [0.1, 0.15) is 57.1 Å². The Morgan fingerprint density at radius 3 is 2.12 bits per heavy atom. The molecule has 1 atom stereocenters. The molecule has 10 heteroatoms. The number of carbonyl (C=O) groups is 2. The molecule has 2 amide bonds. The van der Waals surface area contributed by atoms with Crippen LogP contribution in [-0.4, -0.2) is 43.8 Å². The van der Waals surface area contributed by atoms with Gasteiger partial charge in [0.2, 0.25) is 11.8 Å². The zero-order valence-corrected chi connectivity index (χ0v) is 26.3. The van der Waals surface area contributed by atoms with Gasteiger partial charge in [-0.3, -0.25) is 13.9 Å². The summed E-state index contributed by atoms with van der Waals surface area (Å²) in [4.78, 5) is 29.0. The van der Waals surface area contributed by atoms with Crippen molar-refractivity contribution in [3.05, 3.63) is 94.0 Å². The molecule has 0 spiro atoms. The van der Waals surface area contributed by atoms with E-state index in [4.69, 9.17) is 23.2 Å². The summed E-state index contributed by atoms with van der Waals surface area (Å²) < 4.78 is 28.9. The predicted molar refractivity (Wildman–Crippen MR) is 168 cm³/mol.